The van der Waals surface area contributed by atoms with E-state index in [2.05, 4.69) is 4.72 Å². The molecule has 0 unspecified atom stereocenters. The molecular formula is C19H20F3NO6S. The molecule has 0 spiro atoms. The van der Waals surface area contributed by atoms with Crippen LogP contribution >= 0.6 is 0 Å². The SMILES string of the molecule is CCCOc1ccc(C(F)(F)F)cc1NS(=O)(=O)c1cc(CC(=O)O)ccc1OC. The highest BCUT2D eigenvalue weighted by Crippen LogP contribution is 2.37. The van der Waals surface area contributed by atoms with Crippen LogP contribution in [0.25, 0.3) is 0 Å². The number of benzene rings is 2. The van der Waals surface area contributed by atoms with E-state index in [1.807, 2.05) is 0 Å². The van der Waals surface area contributed by atoms with E-state index in [-0.39, 0.29) is 23.7 Å². The summed E-state index contributed by atoms with van der Waals surface area (Å²) in [6.45, 7) is 1.95. The molecule has 30 heavy (non-hydrogen) atoms. The van der Waals surface area contributed by atoms with Crippen molar-refractivity contribution in [3.63, 3.8) is 0 Å². The van der Waals surface area contributed by atoms with Crippen LogP contribution in [0.2, 0.25) is 0 Å². The number of carboxylic acids is 1. The van der Waals surface area contributed by atoms with Crippen molar-refractivity contribution < 1.29 is 41.0 Å². The Bertz CT molecular complexity index is 1020. The molecular weight excluding hydrogens is 427 g/mol. The van der Waals surface area contributed by atoms with Crippen molar-refractivity contribution in [1.29, 1.82) is 0 Å². The van der Waals surface area contributed by atoms with Gasteiger partial charge in [-0.1, -0.05) is 13.0 Å². The van der Waals surface area contributed by atoms with Crippen molar-refractivity contribution in [2.75, 3.05) is 18.4 Å². The summed E-state index contributed by atoms with van der Waals surface area (Å²) in [7, 11) is -3.23. The summed E-state index contributed by atoms with van der Waals surface area (Å²) in [6, 6.07) is 6.20. The number of halogens is 3. The van der Waals surface area contributed by atoms with Crippen LogP contribution < -0.4 is 14.2 Å². The van der Waals surface area contributed by atoms with Crippen molar-refractivity contribution in [1.82, 2.24) is 0 Å². The molecule has 11 heteroatoms. The normalized spacial score (nSPS) is 11.8. The molecule has 0 saturated carbocycles. The predicted octanol–water partition coefficient (Wildman–Crippen LogP) is 3.93. The molecule has 0 heterocycles. The summed E-state index contributed by atoms with van der Waals surface area (Å²) in [5, 5.41) is 8.93. The minimum absolute atomic E-state index is 0.0749. The molecule has 0 aliphatic rings. The fraction of sp³-hybridized carbons (Fsp3) is 0.316. The molecule has 0 amide bonds. The standard InChI is InChI=1S/C19H20F3NO6S/c1-3-8-29-15-7-5-13(19(20,21)22)11-14(15)23-30(26,27)17-9-12(10-18(24)25)4-6-16(17)28-2/h4-7,9,11,23H,3,8,10H2,1-2H3,(H,24,25). The second-order valence-corrected chi connectivity index (χ2v) is 7.87. The van der Waals surface area contributed by atoms with E-state index in [9.17, 15) is 26.4 Å². The van der Waals surface area contributed by atoms with Gasteiger partial charge in [-0.3, -0.25) is 9.52 Å². The third kappa shape index (κ3) is 5.78. The molecule has 0 fully saturated rings. The fourth-order valence-corrected chi connectivity index (χ4v) is 3.82. The third-order valence-electron chi connectivity index (χ3n) is 3.89. The van der Waals surface area contributed by atoms with E-state index in [1.165, 1.54) is 19.2 Å². The van der Waals surface area contributed by atoms with Gasteiger partial charge in [0.05, 0.1) is 31.4 Å². The van der Waals surface area contributed by atoms with Crippen molar-refractivity contribution >= 4 is 21.7 Å². The van der Waals surface area contributed by atoms with Crippen LogP contribution in [0.5, 0.6) is 11.5 Å². The first kappa shape index (κ1) is 23.3. The molecule has 164 valence electrons. The lowest BCUT2D eigenvalue weighted by Crippen LogP contribution is -2.17. The minimum Gasteiger partial charge on any atom is -0.495 e. The smallest absolute Gasteiger partial charge is 0.416 e. The lowest BCUT2D eigenvalue weighted by molar-refractivity contribution is -0.138. The number of rotatable bonds is 9. The largest absolute Gasteiger partial charge is 0.495 e. The van der Waals surface area contributed by atoms with Crippen molar-refractivity contribution in [2.24, 2.45) is 0 Å². The minimum atomic E-state index is -4.69. The van der Waals surface area contributed by atoms with Crippen molar-refractivity contribution in [3.8, 4) is 11.5 Å². The first-order valence-corrected chi connectivity index (χ1v) is 10.2. The molecule has 0 radical (unpaired) electrons. The molecule has 0 aromatic heterocycles. The van der Waals surface area contributed by atoms with Gasteiger partial charge in [0.25, 0.3) is 10.0 Å². The van der Waals surface area contributed by atoms with Crippen LogP contribution in [-0.2, 0) is 27.4 Å². The van der Waals surface area contributed by atoms with Gasteiger partial charge in [-0.2, -0.15) is 13.2 Å². The highest BCUT2D eigenvalue weighted by molar-refractivity contribution is 7.92. The molecule has 2 N–H and O–H groups in total. The molecule has 0 bridgehead atoms. The van der Waals surface area contributed by atoms with Gasteiger partial charge < -0.3 is 14.6 Å². The molecule has 2 aromatic carbocycles. The van der Waals surface area contributed by atoms with Gasteiger partial charge in [-0.25, -0.2) is 8.42 Å². The number of nitrogens with one attached hydrogen (secondary N) is 1. The summed E-state index contributed by atoms with van der Waals surface area (Å²) < 4.78 is 77.7. The van der Waals surface area contributed by atoms with Gasteiger partial charge >= 0.3 is 12.1 Å². The van der Waals surface area contributed by atoms with E-state index in [1.54, 1.807) is 6.92 Å². The fourth-order valence-electron chi connectivity index (χ4n) is 2.54. The van der Waals surface area contributed by atoms with Gasteiger partial charge in [0, 0.05) is 0 Å². The number of hydrogen-bond acceptors (Lipinski definition) is 5. The molecule has 0 aliphatic carbocycles. The van der Waals surface area contributed by atoms with E-state index in [4.69, 9.17) is 14.6 Å². The molecule has 7 nitrogen and oxygen atoms in total. The maximum Gasteiger partial charge on any atom is 0.416 e. The van der Waals surface area contributed by atoms with Gasteiger partial charge in [-0.15, -0.1) is 0 Å². The van der Waals surface area contributed by atoms with Crippen LogP contribution in [0, 0.1) is 0 Å². The Labute approximate surface area is 171 Å². The number of carboxylic acid groups (broad SMARTS) is 1. The summed E-state index contributed by atoms with van der Waals surface area (Å²) in [5.41, 5.74) is -1.28. The number of anilines is 1. The molecule has 2 aromatic rings. The zero-order valence-corrected chi connectivity index (χ0v) is 16.9. The predicted molar refractivity (Wildman–Crippen MR) is 102 cm³/mol. The maximum atomic E-state index is 13.1. The Morgan fingerprint density at radius 2 is 1.80 bits per heavy atom. The Hall–Kier alpha value is -2.95. The zero-order valence-electron chi connectivity index (χ0n) is 16.1. The lowest BCUT2D eigenvalue weighted by Gasteiger charge is -2.17. The van der Waals surface area contributed by atoms with E-state index >= 15 is 0 Å². The summed E-state index contributed by atoms with van der Waals surface area (Å²) in [5.74, 6) is -1.35. The van der Waals surface area contributed by atoms with Gasteiger partial charge in [0.1, 0.15) is 16.4 Å². The topological polar surface area (TPSA) is 102 Å². The van der Waals surface area contributed by atoms with Crippen molar-refractivity contribution in [2.45, 2.75) is 30.8 Å². The van der Waals surface area contributed by atoms with Crippen LogP contribution in [-0.4, -0.2) is 33.2 Å². The number of alkyl halides is 3. The number of carbonyl (C=O) groups is 1. The summed E-state index contributed by atoms with van der Waals surface area (Å²) in [6.07, 6.45) is -4.58. The third-order valence-corrected chi connectivity index (χ3v) is 5.27. The zero-order chi connectivity index (χ0) is 22.5. The second kappa shape index (κ2) is 9.24. The highest BCUT2D eigenvalue weighted by Gasteiger charge is 2.32. The van der Waals surface area contributed by atoms with E-state index in [0.717, 1.165) is 18.2 Å². The maximum absolute atomic E-state index is 13.1. The highest BCUT2D eigenvalue weighted by atomic mass is 32.2. The van der Waals surface area contributed by atoms with Gasteiger partial charge in [0.2, 0.25) is 0 Å². The second-order valence-electron chi connectivity index (χ2n) is 6.22. The number of sulfonamides is 1. The summed E-state index contributed by atoms with van der Waals surface area (Å²) in [4.78, 5) is 10.5. The monoisotopic (exact) mass is 447 g/mol. The summed E-state index contributed by atoms with van der Waals surface area (Å²) >= 11 is 0. The van der Waals surface area contributed by atoms with Crippen LogP contribution in [0.4, 0.5) is 18.9 Å². The van der Waals surface area contributed by atoms with Crippen LogP contribution in [0.1, 0.15) is 24.5 Å². The average molecular weight is 447 g/mol. The molecule has 0 atom stereocenters. The number of ether oxygens (including phenoxy) is 2. The lowest BCUT2D eigenvalue weighted by atomic mass is 10.1. The number of hydrogen-bond donors (Lipinski definition) is 2. The van der Waals surface area contributed by atoms with E-state index < -0.39 is 44.7 Å². The molecule has 0 aliphatic heterocycles. The molecule has 2 rings (SSSR count). The molecule has 0 saturated heterocycles. The number of methoxy groups -OCH3 is 1. The Morgan fingerprint density at radius 1 is 1.13 bits per heavy atom. The van der Waals surface area contributed by atoms with Crippen LogP contribution in [0.3, 0.4) is 0 Å². The Balaban J connectivity index is 2.53. The van der Waals surface area contributed by atoms with E-state index in [0.29, 0.717) is 12.5 Å². The quantitative estimate of drug-likeness (QED) is 0.604. The Kier molecular flexibility index (Phi) is 7.19. The van der Waals surface area contributed by atoms with Gasteiger partial charge in [0.15, 0.2) is 0 Å². The number of aliphatic carboxylic acids is 1. The average Bonchev–Trinajstić information content (AvgIpc) is 2.65. The Morgan fingerprint density at radius 3 is 2.37 bits per heavy atom. The van der Waals surface area contributed by atoms with Gasteiger partial charge in [-0.05, 0) is 42.3 Å². The van der Waals surface area contributed by atoms with Crippen molar-refractivity contribution in [3.05, 3.63) is 47.5 Å². The first-order valence-electron chi connectivity index (χ1n) is 8.73. The van der Waals surface area contributed by atoms with Crippen LogP contribution in [0.15, 0.2) is 41.3 Å². The first-order chi connectivity index (χ1) is 14.0.